The maximum atomic E-state index is 13.9. The number of amides is 3. The Kier molecular flexibility index (Phi) is 18.6. The molecule has 1 aliphatic rings. The maximum Gasteiger partial charge on any atom is 0.408 e. The van der Waals surface area contributed by atoms with Crippen molar-refractivity contribution in [3.63, 3.8) is 0 Å². The van der Waals surface area contributed by atoms with Gasteiger partial charge in [-0.15, -0.1) is 0 Å². The molecule has 4 atom stereocenters. The third kappa shape index (κ3) is 14.4. The monoisotopic (exact) mass is 1240 g/mol. The molecule has 0 saturated heterocycles. The van der Waals surface area contributed by atoms with E-state index >= 15 is 0 Å². The number of nitrogens with two attached hydrogens (primary N) is 1. The predicted molar refractivity (Wildman–Crippen MR) is 320 cm³/mol. The van der Waals surface area contributed by atoms with E-state index in [-0.39, 0.29) is 47.0 Å². The zero-order valence-electron chi connectivity index (χ0n) is 42.6. The van der Waals surface area contributed by atoms with Gasteiger partial charge in [0.2, 0.25) is 11.8 Å². The number of carbonyl (C=O) groups is 3. The number of hydrogen-bond acceptors (Lipinski definition) is 7. The van der Waals surface area contributed by atoms with Crippen molar-refractivity contribution in [2.45, 2.75) is 82.6 Å². The molecule has 12 nitrogen and oxygen atoms in total. The van der Waals surface area contributed by atoms with Crippen LogP contribution in [0.1, 0.15) is 86.7 Å². The summed E-state index contributed by atoms with van der Waals surface area (Å²) in [5.41, 5.74) is 15.1. The largest absolute Gasteiger partial charge is 0.446 e. The van der Waals surface area contributed by atoms with E-state index < -0.39 is 24.1 Å². The summed E-state index contributed by atoms with van der Waals surface area (Å²) in [6.45, 7) is 7.91. The molecule has 0 bridgehead atoms. The van der Waals surface area contributed by atoms with E-state index in [1.54, 1.807) is 21.3 Å². The lowest BCUT2D eigenvalue weighted by molar-refractivity contribution is -0.118. The Hall–Kier alpha value is -7.15. The van der Waals surface area contributed by atoms with E-state index in [9.17, 15) is 24.0 Å². The van der Waals surface area contributed by atoms with Crippen molar-refractivity contribution < 1.29 is 19.1 Å². The number of benzene rings is 6. The molecule has 76 heavy (non-hydrogen) atoms. The van der Waals surface area contributed by atoms with Gasteiger partial charge in [0.1, 0.15) is 12.1 Å². The van der Waals surface area contributed by atoms with Crippen LogP contribution in [0.5, 0.6) is 0 Å². The third-order valence-electron chi connectivity index (χ3n) is 13.0. The van der Waals surface area contributed by atoms with Crippen molar-refractivity contribution >= 4 is 74.5 Å². The van der Waals surface area contributed by atoms with Gasteiger partial charge in [0, 0.05) is 67.0 Å². The quantitative estimate of drug-likeness (QED) is 0.0699. The molecular weight excluding hydrogens is 1180 g/mol. The lowest BCUT2D eigenvalue weighted by Gasteiger charge is -2.28. The number of halogens is 2. The van der Waals surface area contributed by atoms with Gasteiger partial charge in [0.05, 0.1) is 6.04 Å². The van der Waals surface area contributed by atoms with Gasteiger partial charge in [-0.25, -0.2) is 4.79 Å². The summed E-state index contributed by atoms with van der Waals surface area (Å²) in [5, 5.41) is 8.83. The van der Waals surface area contributed by atoms with Crippen LogP contribution in [-0.2, 0) is 14.3 Å². The van der Waals surface area contributed by atoms with Gasteiger partial charge >= 0.3 is 6.09 Å². The molecule has 1 saturated carbocycles. The molecule has 388 valence electrons. The molecule has 2 heterocycles. The van der Waals surface area contributed by atoms with E-state index in [4.69, 9.17) is 10.5 Å². The average molecular weight is 1240 g/mol. The second-order valence-electron chi connectivity index (χ2n) is 19.3. The summed E-state index contributed by atoms with van der Waals surface area (Å²) in [6, 6.07) is 55.6. The van der Waals surface area contributed by atoms with Gasteiger partial charge < -0.3 is 35.6 Å². The molecule has 0 spiro atoms. The van der Waals surface area contributed by atoms with Crippen LogP contribution in [0.25, 0.3) is 22.3 Å². The highest BCUT2D eigenvalue weighted by molar-refractivity contribution is 14.1. The van der Waals surface area contributed by atoms with Crippen LogP contribution >= 0.6 is 45.2 Å². The smallest absolute Gasteiger partial charge is 0.408 e. The highest BCUT2D eigenvalue weighted by Gasteiger charge is 2.35. The van der Waals surface area contributed by atoms with Gasteiger partial charge in [-0.2, -0.15) is 0 Å². The molecule has 0 aliphatic heterocycles. The number of alkyl carbamates (subject to hydrolysis) is 1. The Balaban J connectivity index is 0.000000204. The summed E-state index contributed by atoms with van der Waals surface area (Å²) < 4.78 is 11.1. The molecule has 1 aliphatic carbocycles. The van der Waals surface area contributed by atoms with Gasteiger partial charge in [0.15, 0.2) is 0 Å². The molecular formula is C62H60I2N6O6. The van der Waals surface area contributed by atoms with Crippen molar-refractivity contribution in [1.29, 1.82) is 0 Å². The number of anilines is 2. The summed E-state index contributed by atoms with van der Waals surface area (Å²) in [4.78, 5) is 64.7. The number of rotatable bonds is 16. The van der Waals surface area contributed by atoms with Gasteiger partial charge in [-0.3, -0.25) is 19.2 Å². The number of nitrogens with zero attached hydrogens (tertiary/aromatic N) is 2. The first kappa shape index (κ1) is 55.1. The summed E-state index contributed by atoms with van der Waals surface area (Å²) in [7, 11) is 0. The van der Waals surface area contributed by atoms with E-state index in [1.165, 1.54) is 0 Å². The van der Waals surface area contributed by atoms with Crippen LogP contribution in [0.15, 0.2) is 204 Å². The number of carbonyl (C=O) groups excluding carboxylic acids is 3. The van der Waals surface area contributed by atoms with Crippen molar-refractivity contribution in [3.05, 3.63) is 244 Å². The van der Waals surface area contributed by atoms with Crippen LogP contribution in [0, 0.1) is 7.14 Å². The predicted octanol–water partition coefficient (Wildman–Crippen LogP) is 12.5. The lowest BCUT2D eigenvalue weighted by atomic mass is 9.83. The molecule has 5 N–H and O–H groups in total. The van der Waals surface area contributed by atoms with Crippen molar-refractivity contribution in [2.24, 2.45) is 5.73 Å². The fraction of sp³-hybridized carbons (Fsp3) is 0.210. The van der Waals surface area contributed by atoms with E-state index in [0.29, 0.717) is 11.4 Å². The normalized spacial score (nSPS) is 13.6. The standard InChI is InChI=1S/C33H32IN3O4.C29H28IN3O2/c1-21(2)37-20-25(11-18-29(37)38)23-9-6-10-24(19-23)30(22-7-4-3-5-8-22)31(36-33(40)41-28-16-17-28)32(39)35-27-14-12-26(34)13-15-27;1-19(2)33-18-23(11-16-26(33)34)21-9-6-10-22(17-21)27(20-7-4-3-5-8-20)28(31)29(35)32-25-14-12-24(30)13-15-25/h3-15,18-21,28,30-31H,16-17H2,1-2H3,(H,35,39)(H,36,40);3-19,27-28H,31H2,1-2H3,(H,32,35). The average Bonchev–Trinajstić information content (AvgIpc) is 4.25. The van der Waals surface area contributed by atoms with Crippen molar-refractivity contribution in [1.82, 2.24) is 14.5 Å². The Bertz CT molecular complexity index is 3400. The summed E-state index contributed by atoms with van der Waals surface area (Å²) in [6.07, 6.45) is 4.68. The van der Waals surface area contributed by atoms with Gasteiger partial charge in [0.25, 0.3) is 11.1 Å². The molecule has 0 radical (unpaired) electrons. The lowest BCUT2D eigenvalue weighted by Crippen LogP contribution is -2.48. The molecule has 6 aromatic carbocycles. The molecule has 9 rings (SSSR count). The molecule has 4 unspecified atom stereocenters. The minimum absolute atomic E-state index is 0.0127. The van der Waals surface area contributed by atoms with Crippen molar-refractivity contribution in [3.8, 4) is 22.3 Å². The Morgan fingerprint density at radius 2 is 0.934 bits per heavy atom. The first-order valence-electron chi connectivity index (χ1n) is 25.2. The summed E-state index contributed by atoms with van der Waals surface area (Å²) >= 11 is 4.44. The zero-order chi connectivity index (χ0) is 53.9. The number of aromatic nitrogens is 2. The number of pyridine rings is 2. The molecule has 2 aromatic heterocycles. The van der Waals surface area contributed by atoms with Crippen LogP contribution in [0.3, 0.4) is 0 Å². The molecule has 3 amide bonds. The Morgan fingerprint density at radius 3 is 1.38 bits per heavy atom. The summed E-state index contributed by atoms with van der Waals surface area (Å²) in [5.74, 6) is -1.48. The molecule has 8 aromatic rings. The second-order valence-corrected chi connectivity index (χ2v) is 21.8. The van der Waals surface area contributed by atoms with Crippen LogP contribution in [-0.4, -0.2) is 45.2 Å². The van der Waals surface area contributed by atoms with E-state index in [0.717, 1.165) is 64.5 Å². The highest BCUT2D eigenvalue weighted by Crippen LogP contribution is 2.34. The number of ether oxygens (including phenoxy) is 1. The van der Waals surface area contributed by atoms with Crippen LogP contribution < -0.4 is 32.8 Å². The highest BCUT2D eigenvalue weighted by atomic mass is 127. The third-order valence-corrected chi connectivity index (χ3v) is 14.5. The molecule has 14 heteroatoms. The minimum atomic E-state index is -0.970. The van der Waals surface area contributed by atoms with Crippen LogP contribution in [0.4, 0.5) is 16.2 Å². The first-order valence-corrected chi connectivity index (χ1v) is 27.4. The number of nitrogens with one attached hydrogen (secondary N) is 3. The maximum absolute atomic E-state index is 13.9. The van der Waals surface area contributed by atoms with Gasteiger partial charge in [-0.1, -0.05) is 109 Å². The van der Waals surface area contributed by atoms with E-state index in [1.807, 2.05) is 204 Å². The second kappa shape index (κ2) is 25.6. The fourth-order valence-corrected chi connectivity index (χ4v) is 9.67. The number of hydrogen-bond donors (Lipinski definition) is 4. The minimum Gasteiger partial charge on any atom is -0.446 e. The Morgan fingerprint density at radius 1 is 0.513 bits per heavy atom. The SMILES string of the molecule is CC(C)n1cc(-c2cccc(C(c3ccccc3)C(N)C(=O)Nc3ccc(I)cc3)c2)ccc1=O.CC(C)n1cc(-c2cccc(C(c3ccccc3)C(NC(=O)OC3CC3)C(=O)Nc3ccc(I)cc3)c2)ccc1=O. The topological polar surface area (TPSA) is 167 Å². The Labute approximate surface area is 470 Å². The first-order chi connectivity index (χ1) is 36.6. The van der Waals surface area contributed by atoms with E-state index in [2.05, 4.69) is 67.2 Å². The molecule has 1 fully saturated rings. The van der Waals surface area contributed by atoms with Crippen molar-refractivity contribution in [2.75, 3.05) is 10.6 Å². The van der Waals surface area contributed by atoms with Crippen LogP contribution in [0.2, 0.25) is 0 Å². The zero-order valence-corrected chi connectivity index (χ0v) is 46.9. The fourth-order valence-electron chi connectivity index (χ4n) is 8.95. The van der Waals surface area contributed by atoms with Gasteiger partial charge in [-0.05, 0) is 191 Å².